The molecule has 1 aromatic heterocycles. The number of benzene rings is 3. The van der Waals surface area contributed by atoms with Crippen molar-refractivity contribution in [3.8, 4) is 0 Å². The molecule has 0 aliphatic carbocycles. The van der Waals surface area contributed by atoms with Gasteiger partial charge in [0.05, 0.1) is 0 Å². The van der Waals surface area contributed by atoms with E-state index in [1.54, 1.807) is 0 Å². The Kier molecular flexibility index (Phi) is 9.28. The molecule has 42 heavy (non-hydrogen) atoms. The first kappa shape index (κ1) is 29.4. The van der Waals surface area contributed by atoms with E-state index in [-0.39, 0.29) is 17.9 Å². The number of carbonyl (C=O) groups excluding carboxylic acids is 2. The van der Waals surface area contributed by atoms with Gasteiger partial charge in [0.25, 0.3) is 0 Å². The first-order valence-electron chi connectivity index (χ1n) is 15.1. The second-order valence-electron chi connectivity index (χ2n) is 11.7. The monoisotopic (exact) mass is 565 g/mol. The number of H-pyrrole nitrogens is 1. The van der Waals surface area contributed by atoms with Crippen LogP contribution >= 0.6 is 0 Å². The molecule has 0 spiro atoms. The average Bonchev–Trinajstić information content (AvgIpc) is 3.44. The number of aryl methyl sites for hydroxylation is 1. The molecule has 7 nitrogen and oxygen atoms in total. The third kappa shape index (κ3) is 6.68. The number of piperidine rings is 1. The first-order chi connectivity index (χ1) is 20.3. The molecule has 0 bridgehead atoms. The minimum Gasteiger partial charge on any atom is -0.361 e. The molecule has 0 saturated carbocycles. The lowest BCUT2D eigenvalue weighted by Crippen LogP contribution is -2.53. The molecular formula is C35H43N5O2. The van der Waals surface area contributed by atoms with E-state index >= 15 is 0 Å². The van der Waals surface area contributed by atoms with E-state index in [2.05, 4.69) is 76.0 Å². The molecule has 220 valence electrons. The summed E-state index contributed by atoms with van der Waals surface area (Å²) in [5.74, 6) is -0.0274. The van der Waals surface area contributed by atoms with Crippen LogP contribution in [0.4, 0.5) is 10.5 Å². The molecule has 2 heterocycles. The third-order valence-electron chi connectivity index (χ3n) is 8.54. The lowest BCUT2D eigenvalue weighted by atomic mass is 9.89. The number of urea groups is 1. The minimum absolute atomic E-state index is 0.189. The van der Waals surface area contributed by atoms with Crippen LogP contribution in [0.1, 0.15) is 60.8 Å². The molecule has 0 radical (unpaired) electrons. The van der Waals surface area contributed by atoms with Crippen LogP contribution in [-0.2, 0) is 17.8 Å². The molecule has 4 aromatic rings. The maximum Gasteiger partial charge on any atom is 0.318 e. The van der Waals surface area contributed by atoms with Gasteiger partial charge >= 0.3 is 6.03 Å². The summed E-state index contributed by atoms with van der Waals surface area (Å²) in [6.45, 7) is 6.20. The smallest absolute Gasteiger partial charge is 0.318 e. The molecule has 1 fully saturated rings. The van der Waals surface area contributed by atoms with Crippen molar-refractivity contribution in [2.45, 2.75) is 57.5 Å². The van der Waals surface area contributed by atoms with Crippen molar-refractivity contribution < 1.29 is 9.59 Å². The number of likely N-dealkylation sites (tertiary alicyclic amines) is 1. The molecule has 0 unspecified atom stereocenters. The second-order valence-corrected chi connectivity index (χ2v) is 11.7. The van der Waals surface area contributed by atoms with Gasteiger partial charge in [-0.15, -0.1) is 0 Å². The van der Waals surface area contributed by atoms with Gasteiger partial charge in [0.1, 0.15) is 6.04 Å². The van der Waals surface area contributed by atoms with Gasteiger partial charge in [0.15, 0.2) is 0 Å². The minimum atomic E-state index is -0.759. The van der Waals surface area contributed by atoms with Crippen LogP contribution in [0.15, 0.2) is 79.0 Å². The maximum absolute atomic E-state index is 14.1. The number of aromatic amines is 1. The van der Waals surface area contributed by atoms with Gasteiger partial charge in [-0.25, -0.2) is 4.79 Å². The summed E-state index contributed by atoms with van der Waals surface area (Å²) in [7, 11) is 4.06. The zero-order valence-electron chi connectivity index (χ0n) is 25.2. The van der Waals surface area contributed by atoms with Crippen LogP contribution in [-0.4, -0.2) is 59.9 Å². The number of fused-ring (bicyclic) bond motifs is 1. The van der Waals surface area contributed by atoms with E-state index < -0.39 is 6.04 Å². The average molecular weight is 566 g/mol. The summed E-state index contributed by atoms with van der Waals surface area (Å²) in [4.78, 5) is 35.0. The number of amides is 3. The van der Waals surface area contributed by atoms with Gasteiger partial charge in [-0.1, -0.05) is 74.5 Å². The number of rotatable bonds is 9. The Balaban J connectivity index is 1.37. The molecule has 7 heteroatoms. The van der Waals surface area contributed by atoms with Gasteiger partial charge in [-0.05, 0) is 73.7 Å². The van der Waals surface area contributed by atoms with Gasteiger partial charge in [0, 0.05) is 48.3 Å². The Hall–Kier alpha value is -4.10. The zero-order chi connectivity index (χ0) is 29.6. The summed E-state index contributed by atoms with van der Waals surface area (Å²) in [6.07, 6.45) is 4.57. The molecule has 3 amide bonds. The largest absolute Gasteiger partial charge is 0.361 e. The fourth-order valence-electron chi connectivity index (χ4n) is 6.16. The number of nitrogens with one attached hydrogen (secondary N) is 3. The van der Waals surface area contributed by atoms with Gasteiger partial charge in [0.2, 0.25) is 5.91 Å². The van der Waals surface area contributed by atoms with Gasteiger partial charge < -0.3 is 25.4 Å². The van der Waals surface area contributed by atoms with Crippen molar-refractivity contribution in [3.63, 3.8) is 0 Å². The highest BCUT2D eigenvalue weighted by Gasteiger charge is 2.33. The Morgan fingerprint density at radius 1 is 1.00 bits per heavy atom. The number of para-hydroxylation sites is 1. The van der Waals surface area contributed by atoms with E-state index in [9.17, 15) is 9.59 Å². The SMILES string of the molecule is CCc1ccc(CN(C)C)cc1NC(=O)[C@H](NC(=O)N1CCC(c2ccccc2)CC1)[C@@H](C)c1c[nH]c2ccccc12. The van der Waals surface area contributed by atoms with Crippen molar-refractivity contribution in [3.05, 3.63) is 101 Å². The number of nitrogens with zero attached hydrogens (tertiary/aromatic N) is 2. The number of aromatic nitrogens is 1. The summed E-state index contributed by atoms with van der Waals surface area (Å²) in [5, 5.41) is 7.41. The fraction of sp³-hybridized carbons (Fsp3) is 0.371. The summed E-state index contributed by atoms with van der Waals surface area (Å²) >= 11 is 0. The van der Waals surface area contributed by atoms with Crippen LogP contribution in [0.5, 0.6) is 0 Å². The van der Waals surface area contributed by atoms with Crippen LogP contribution in [0.25, 0.3) is 10.9 Å². The fourth-order valence-corrected chi connectivity index (χ4v) is 6.16. The Morgan fingerprint density at radius 3 is 2.43 bits per heavy atom. The summed E-state index contributed by atoms with van der Waals surface area (Å²) in [5.41, 5.74) is 6.34. The topological polar surface area (TPSA) is 80.5 Å². The standard InChI is InChI=1S/C35H43N5O2/c1-5-26-16-15-25(23-39(3)4)21-32(26)37-34(41)33(24(2)30-22-36-31-14-10-9-13-29(30)31)38-35(42)40-19-17-28(18-20-40)27-11-7-6-8-12-27/h6-16,21-22,24,28,33,36H,5,17-20,23H2,1-4H3,(H,37,41)(H,38,42)/t24-,33+/m0/s1. The predicted octanol–water partition coefficient (Wildman–Crippen LogP) is 6.49. The normalized spacial score (nSPS) is 15.5. The van der Waals surface area contributed by atoms with Crippen molar-refractivity contribution >= 4 is 28.5 Å². The molecular weight excluding hydrogens is 522 g/mol. The molecule has 2 atom stereocenters. The quantitative estimate of drug-likeness (QED) is 0.217. The van der Waals surface area contributed by atoms with Gasteiger partial charge in [-0.3, -0.25) is 4.79 Å². The molecule has 1 aliphatic heterocycles. The van der Waals surface area contributed by atoms with E-state index in [1.807, 2.05) is 56.4 Å². The van der Waals surface area contributed by atoms with Crippen LogP contribution in [0.3, 0.4) is 0 Å². The second kappa shape index (κ2) is 13.3. The summed E-state index contributed by atoms with van der Waals surface area (Å²) in [6, 6.07) is 23.9. The highest BCUT2D eigenvalue weighted by Crippen LogP contribution is 2.31. The van der Waals surface area contributed by atoms with Crippen molar-refractivity contribution in [2.75, 3.05) is 32.5 Å². The molecule has 3 N–H and O–H groups in total. The van der Waals surface area contributed by atoms with Crippen molar-refractivity contribution in [1.29, 1.82) is 0 Å². The van der Waals surface area contributed by atoms with E-state index in [0.717, 1.165) is 59.1 Å². The lowest BCUT2D eigenvalue weighted by Gasteiger charge is -2.34. The third-order valence-corrected chi connectivity index (χ3v) is 8.54. The van der Waals surface area contributed by atoms with Crippen molar-refractivity contribution in [2.24, 2.45) is 0 Å². The molecule has 1 aliphatic rings. The highest BCUT2D eigenvalue weighted by atomic mass is 16.2. The molecule has 3 aromatic carbocycles. The lowest BCUT2D eigenvalue weighted by molar-refractivity contribution is -0.118. The number of hydrogen-bond acceptors (Lipinski definition) is 3. The molecule has 1 saturated heterocycles. The Labute approximate surface area is 249 Å². The number of hydrogen-bond donors (Lipinski definition) is 3. The first-order valence-corrected chi connectivity index (χ1v) is 15.1. The van der Waals surface area contributed by atoms with Crippen molar-refractivity contribution in [1.82, 2.24) is 20.1 Å². The molecule has 5 rings (SSSR count). The van der Waals surface area contributed by atoms with Crippen LogP contribution in [0.2, 0.25) is 0 Å². The van der Waals surface area contributed by atoms with E-state index in [1.165, 1.54) is 5.56 Å². The predicted molar refractivity (Wildman–Crippen MR) is 171 cm³/mol. The maximum atomic E-state index is 14.1. The number of anilines is 1. The highest BCUT2D eigenvalue weighted by molar-refractivity contribution is 5.99. The number of carbonyl (C=O) groups is 2. The Morgan fingerprint density at radius 2 is 1.71 bits per heavy atom. The summed E-state index contributed by atoms with van der Waals surface area (Å²) < 4.78 is 0. The van der Waals surface area contributed by atoms with Gasteiger partial charge in [-0.2, -0.15) is 0 Å². The van der Waals surface area contributed by atoms with E-state index in [0.29, 0.717) is 19.0 Å². The zero-order valence-corrected chi connectivity index (χ0v) is 25.2. The van der Waals surface area contributed by atoms with Crippen LogP contribution in [0, 0.1) is 0 Å². The Bertz CT molecular complexity index is 1500. The van der Waals surface area contributed by atoms with Crippen LogP contribution < -0.4 is 10.6 Å². The van der Waals surface area contributed by atoms with E-state index in [4.69, 9.17) is 0 Å².